The minimum atomic E-state index is -4.41. The van der Waals surface area contributed by atoms with Crippen molar-refractivity contribution >= 4 is 5.91 Å². The summed E-state index contributed by atoms with van der Waals surface area (Å²) in [5.74, 6) is 0.693. The van der Waals surface area contributed by atoms with Crippen molar-refractivity contribution in [3.63, 3.8) is 0 Å². The molecule has 2 aromatic rings. The maximum Gasteiger partial charge on any atom is 0.416 e. The summed E-state index contributed by atoms with van der Waals surface area (Å²) in [5, 5.41) is 0. The molecule has 0 saturated carbocycles. The number of halogens is 3. The van der Waals surface area contributed by atoms with Crippen molar-refractivity contribution in [2.45, 2.75) is 39.4 Å². The van der Waals surface area contributed by atoms with Gasteiger partial charge in [-0.15, -0.1) is 0 Å². The van der Waals surface area contributed by atoms with Crippen LogP contribution in [0.5, 0.6) is 5.75 Å². The third kappa shape index (κ3) is 6.76. The second-order valence-corrected chi connectivity index (χ2v) is 9.49. The smallest absolute Gasteiger partial charge is 0.416 e. The molecule has 1 saturated heterocycles. The van der Waals surface area contributed by atoms with Crippen LogP contribution in [0.1, 0.15) is 52.0 Å². The van der Waals surface area contributed by atoms with Crippen LogP contribution in [0.15, 0.2) is 36.4 Å². The van der Waals surface area contributed by atoms with E-state index in [1.165, 1.54) is 23.3 Å². The van der Waals surface area contributed by atoms with Crippen molar-refractivity contribution in [2.75, 3.05) is 53.4 Å². The summed E-state index contributed by atoms with van der Waals surface area (Å²) in [5.41, 5.74) is 3.14. The highest BCUT2D eigenvalue weighted by Gasteiger charge is 2.31. The summed E-state index contributed by atoms with van der Waals surface area (Å²) in [6.07, 6.45) is -3.44. The van der Waals surface area contributed by atoms with Crippen molar-refractivity contribution in [1.82, 2.24) is 14.7 Å². The van der Waals surface area contributed by atoms with E-state index in [0.717, 1.165) is 36.4 Å². The Bertz CT molecular complexity index is 998. The maximum absolute atomic E-state index is 12.8. The zero-order chi connectivity index (χ0) is 25.8. The van der Waals surface area contributed by atoms with E-state index < -0.39 is 11.7 Å². The van der Waals surface area contributed by atoms with Gasteiger partial charge in [0.25, 0.3) is 5.91 Å². The van der Waals surface area contributed by atoms with Gasteiger partial charge in [-0.3, -0.25) is 9.69 Å². The summed E-state index contributed by atoms with van der Waals surface area (Å²) in [7, 11) is 4.10. The molecule has 192 valence electrons. The molecule has 5 nitrogen and oxygen atoms in total. The predicted octanol–water partition coefficient (Wildman–Crippen LogP) is 5.17. The maximum atomic E-state index is 12.8. The third-order valence-electron chi connectivity index (χ3n) is 6.85. The Morgan fingerprint density at radius 1 is 1.00 bits per heavy atom. The average molecular weight is 492 g/mol. The molecular weight excluding hydrogens is 455 g/mol. The first-order chi connectivity index (χ1) is 16.5. The second kappa shape index (κ2) is 11.4. The number of alkyl halides is 3. The van der Waals surface area contributed by atoms with Gasteiger partial charge in [-0.1, -0.05) is 6.07 Å². The number of amides is 1. The largest absolute Gasteiger partial charge is 0.493 e. The number of carbonyl (C=O) groups excluding carboxylic acids is 1. The van der Waals surface area contributed by atoms with Gasteiger partial charge in [-0.05, 0) is 88.3 Å². The van der Waals surface area contributed by atoms with E-state index in [9.17, 15) is 18.0 Å². The van der Waals surface area contributed by atoms with Gasteiger partial charge in [0, 0.05) is 44.3 Å². The molecule has 8 heteroatoms. The van der Waals surface area contributed by atoms with Gasteiger partial charge >= 0.3 is 6.18 Å². The molecule has 0 aromatic heterocycles. The third-order valence-corrected chi connectivity index (χ3v) is 6.85. The highest BCUT2D eigenvalue weighted by molar-refractivity contribution is 5.94. The highest BCUT2D eigenvalue weighted by atomic mass is 19.4. The predicted molar refractivity (Wildman–Crippen MR) is 132 cm³/mol. The number of benzene rings is 2. The van der Waals surface area contributed by atoms with Crippen molar-refractivity contribution in [3.05, 3.63) is 64.2 Å². The van der Waals surface area contributed by atoms with Gasteiger partial charge in [-0.25, -0.2) is 0 Å². The molecule has 0 aliphatic carbocycles. The monoisotopic (exact) mass is 491 g/mol. The fourth-order valence-corrected chi connectivity index (χ4v) is 4.48. The van der Waals surface area contributed by atoms with Crippen LogP contribution in [0.3, 0.4) is 0 Å². The van der Waals surface area contributed by atoms with Crippen LogP contribution in [0.25, 0.3) is 0 Å². The fraction of sp³-hybridized carbons (Fsp3) is 0.519. The molecule has 0 bridgehead atoms. The number of hydrogen-bond acceptors (Lipinski definition) is 4. The Balaban J connectivity index is 1.58. The lowest BCUT2D eigenvalue weighted by atomic mass is 9.96. The molecule has 35 heavy (non-hydrogen) atoms. The first kappa shape index (κ1) is 27.0. The zero-order valence-corrected chi connectivity index (χ0v) is 21.3. The first-order valence-corrected chi connectivity index (χ1v) is 12.1. The Morgan fingerprint density at radius 3 is 2.20 bits per heavy atom. The van der Waals surface area contributed by atoms with Crippen LogP contribution in [-0.4, -0.2) is 74.0 Å². The molecule has 2 aromatic carbocycles. The van der Waals surface area contributed by atoms with Crippen LogP contribution in [-0.2, 0) is 6.18 Å². The lowest BCUT2D eigenvalue weighted by Gasteiger charge is -2.39. The van der Waals surface area contributed by atoms with Gasteiger partial charge in [0.1, 0.15) is 5.75 Å². The molecule has 1 aliphatic rings. The number of carbonyl (C=O) groups is 1. The Morgan fingerprint density at radius 2 is 1.63 bits per heavy atom. The fourth-order valence-electron chi connectivity index (χ4n) is 4.48. The van der Waals surface area contributed by atoms with Gasteiger partial charge in [-0.2, -0.15) is 13.2 Å². The Labute approximate surface area is 206 Å². The Hall–Kier alpha value is -2.58. The number of rotatable bonds is 8. The average Bonchev–Trinajstić information content (AvgIpc) is 2.83. The van der Waals surface area contributed by atoms with Gasteiger partial charge in [0.2, 0.25) is 0 Å². The zero-order valence-electron chi connectivity index (χ0n) is 21.3. The lowest BCUT2D eigenvalue weighted by molar-refractivity contribution is -0.137. The molecule has 1 amide bonds. The van der Waals surface area contributed by atoms with E-state index in [1.807, 2.05) is 6.07 Å². The lowest BCUT2D eigenvalue weighted by Crippen LogP contribution is -2.49. The van der Waals surface area contributed by atoms with Gasteiger partial charge < -0.3 is 14.5 Å². The summed E-state index contributed by atoms with van der Waals surface area (Å²) in [6, 6.07) is 8.81. The van der Waals surface area contributed by atoms with Gasteiger partial charge in [0.15, 0.2) is 0 Å². The Kier molecular flexibility index (Phi) is 8.83. The molecule has 1 atom stereocenters. The van der Waals surface area contributed by atoms with Crippen LogP contribution in [0.2, 0.25) is 0 Å². The molecule has 1 heterocycles. The van der Waals surface area contributed by atoms with Crippen LogP contribution in [0.4, 0.5) is 13.2 Å². The molecule has 0 spiro atoms. The van der Waals surface area contributed by atoms with Crippen LogP contribution < -0.4 is 4.74 Å². The van der Waals surface area contributed by atoms with E-state index in [-0.39, 0.29) is 17.5 Å². The molecular formula is C27H36F3N3O2. The quantitative estimate of drug-likeness (QED) is 0.478. The van der Waals surface area contributed by atoms with Crippen molar-refractivity contribution in [1.29, 1.82) is 0 Å². The second-order valence-electron chi connectivity index (χ2n) is 9.49. The summed E-state index contributed by atoms with van der Waals surface area (Å²) in [6.45, 7) is 10.5. The molecule has 0 unspecified atom stereocenters. The van der Waals surface area contributed by atoms with E-state index >= 15 is 0 Å². The van der Waals surface area contributed by atoms with Crippen LogP contribution in [0, 0.1) is 13.8 Å². The molecule has 1 fully saturated rings. The number of ether oxygens (including phenoxy) is 1. The summed E-state index contributed by atoms with van der Waals surface area (Å²) < 4.78 is 44.4. The standard InChI is InChI=1S/C27H36F3N3O2/c1-19-20(2)25(35-18-6-13-31(4)5)12-11-24(19)21(3)32-14-16-33(17-15-32)26(34)22-7-9-23(10-8-22)27(28,29)30/h7-12,21H,6,13-18H2,1-5H3/t21-/m1/s1. The molecule has 1 aliphatic heterocycles. The number of hydrogen-bond donors (Lipinski definition) is 0. The highest BCUT2D eigenvalue weighted by Crippen LogP contribution is 2.32. The van der Waals surface area contributed by atoms with E-state index in [4.69, 9.17) is 4.74 Å². The van der Waals surface area contributed by atoms with Crippen molar-refractivity contribution < 1.29 is 22.7 Å². The van der Waals surface area contributed by atoms with E-state index in [1.54, 1.807) is 4.90 Å². The minimum absolute atomic E-state index is 0.180. The van der Waals surface area contributed by atoms with E-state index in [0.29, 0.717) is 32.8 Å². The number of piperazine rings is 1. The topological polar surface area (TPSA) is 36.0 Å². The molecule has 0 radical (unpaired) electrons. The minimum Gasteiger partial charge on any atom is -0.493 e. The molecule has 3 rings (SSSR count). The van der Waals surface area contributed by atoms with Crippen molar-refractivity contribution in [3.8, 4) is 5.75 Å². The van der Waals surface area contributed by atoms with Crippen molar-refractivity contribution in [2.24, 2.45) is 0 Å². The summed E-state index contributed by atoms with van der Waals surface area (Å²) >= 11 is 0. The normalized spacial score (nSPS) is 16.0. The van der Waals surface area contributed by atoms with Crippen LogP contribution >= 0.6 is 0 Å². The van der Waals surface area contributed by atoms with Gasteiger partial charge in [0.05, 0.1) is 12.2 Å². The number of nitrogens with zero attached hydrogens (tertiary/aromatic N) is 3. The summed E-state index contributed by atoms with van der Waals surface area (Å²) in [4.78, 5) is 19.0. The van der Waals surface area contributed by atoms with E-state index in [2.05, 4.69) is 50.7 Å². The SMILES string of the molecule is Cc1c(OCCCN(C)C)ccc([C@@H](C)N2CCN(C(=O)c3ccc(C(F)(F)F)cc3)CC2)c1C. The first-order valence-electron chi connectivity index (χ1n) is 12.1. The molecule has 0 N–H and O–H groups in total.